The van der Waals surface area contributed by atoms with Crippen LogP contribution in [0.2, 0.25) is 0 Å². The van der Waals surface area contributed by atoms with E-state index in [-0.39, 0.29) is 5.39 Å². The predicted molar refractivity (Wildman–Crippen MR) is 94.5 cm³/mol. The summed E-state index contributed by atoms with van der Waals surface area (Å²) in [6, 6.07) is 2.71. The summed E-state index contributed by atoms with van der Waals surface area (Å²) in [5.41, 5.74) is -0.312. The third-order valence-electron chi connectivity index (χ3n) is 4.61. The minimum absolute atomic E-state index is 0.0231. The van der Waals surface area contributed by atoms with Crippen LogP contribution in [-0.2, 0) is 9.47 Å². The van der Waals surface area contributed by atoms with Gasteiger partial charge in [0.05, 0.1) is 24.4 Å². The molecular weight excluding hydrogens is 343 g/mol. The Hall–Kier alpha value is -2.45. The van der Waals surface area contributed by atoms with Gasteiger partial charge in [-0.15, -0.1) is 0 Å². The molecule has 1 saturated heterocycles. The van der Waals surface area contributed by atoms with Crippen LogP contribution in [0, 0.1) is 5.82 Å². The Bertz CT molecular complexity index is 885. The second kappa shape index (κ2) is 7.43. The summed E-state index contributed by atoms with van der Waals surface area (Å²) < 4.78 is 27.0. The predicted octanol–water partition coefficient (Wildman–Crippen LogP) is 2.23. The number of carbonyl (C=O) groups is 1. The van der Waals surface area contributed by atoms with E-state index in [0.717, 1.165) is 6.07 Å². The first-order valence-electron chi connectivity index (χ1n) is 8.45. The van der Waals surface area contributed by atoms with Gasteiger partial charge >= 0.3 is 5.97 Å². The number of morpholine rings is 1. The van der Waals surface area contributed by atoms with E-state index in [1.54, 1.807) is 10.6 Å². The minimum atomic E-state index is -1.35. The van der Waals surface area contributed by atoms with Crippen molar-refractivity contribution in [1.29, 1.82) is 0 Å². The van der Waals surface area contributed by atoms with Crippen LogP contribution in [0.3, 0.4) is 0 Å². The number of hydrogen-bond donors (Lipinski definition) is 1. The van der Waals surface area contributed by atoms with Gasteiger partial charge in [-0.1, -0.05) is 6.92 Å². The fourth-order valence-corrected chi connectivity index (χ4v) is 3.27. The molecule has 1 aromatic carbocycles. The number of halogens is 1. The van der Waals surface area contributed by atoms with Gasteiger partial charge in [-0.3, -0.25) is 4.79 Å². The Kier molecular flexibility index (Phi) is 5.24. The highest BCUT2D eigenvalue weighted by Crippen LogP contribution is 2.28. The summed E-state index contributed by atoms with van der Waals surface area (Å²) in [5.74, 6) is -1.91. The molecule has 1 aromatic heterocycles. The van der Waals surface area contributed by atoms with Gasteiger partial charge in [0.25, 0.3) is 0 Å². The molecule has 0 radical (unpaired) electrons. The van der Waals surface area contributed by atoms with Crippen molar-refractivity contribution in [1.82, 2.24) is 4.57 Å². The molecule has 8 heteroatoms. The standard InChI is InChI=1S/C18H21FN2O5/c1-3-16(25-2)21-10-12(18(23)24)17(22)11-8-13(19)15(9-14(11)21)20-4-6-26-7-5-20/h8-10,16H,3-7H2,1-2H3,(H,23,24)/t16-/m1/s1. The van der Waals surface area contributed by atoms with Crippen LogP contribution in [0.25, 0.3) is 10.9 Å². The van der Waals surface area contributed by atoms with Crippen molar-refractivity contribution in [3.05, 3.63) is 39.9 Å². The lowest BCUT2D eigenvalue weighted by molar-refractivity contribution is 0.0437. The Balaban J connectivity index is 2.29. The third kappa shape index (κ3) is 3.17. The number of carboxylic acids is 1. The number of ether oxygens (including phenoxy) is 2. The van der Waals surface area contributed by atoms with Crippen molar-refractivity contribution in [3.8, 4) is 0 Å². The highest BCUT2D eigenvalue weighted by atomic mass is 19.1. The van der Waals surface area contributed by atoms with Gasteiger partial charge in [0.2, 0.25) is 5.43 Å². The van der Waals surface area contributed by atoms with E-state index < -0.39 is 29.0 Å². The normalized spacial score (nSPS) is 16.0. The number of methoxy groups -OCH3 is 1. The van der Waals surface area contributed by atoms with E-state index in [1.165, 1.54) is 13.3 Å². The average Bonchev–Trinajstić information content (AvgIpc) is 2.64. The molecule has 1 fully saturated rings. The van der Waals surface area contributed by atoms with Crippen molar-refractivity contribution in [3.63, 3.8) is 0 Å². The number of rotatable bonds is 5. The maximum Gasteiger partial charge on any atom is 0.341 e. The van der Waals surface area contributed by atoms with Gasteiger partial charge in [-0.25, -0.2) is 9.18 Å². The van der Waals surface area contributed by atoms with E-state index in [4.69, 9.17) is 9.47 Å². The molecule has 0 aliphatic carbocycles. The molecule has 2 heterocycles. The molecule has 7 nitrogen and oxygen atoms in total. The van der Waals surface area contributed by atoms with Crippen molar-refractivity contribution >= 4 is 22.6 Å². The van der Waals surface area contributed by atoms with Gasteiger partial charge in [-0.05, 0) is 18.6 Å². The van der Waals surface area contributed by atoms with Crippen molar-refractivity contribution in [2.24, 2.45) is 0 Å². The molecule has 2 aromatic rings. The maximum absolute atomic E-state index is 14.7. The summed E-state index contributed by atoms with van der Waals surface area (Å²) in [5, 5.41) is 9.36. The Morgan fingerprint density at radius 1 is 1.38 bits per heavy atom. The molecule has 0 bridgehead atoms. The molecule has 0 saturated carbocycles. The SMILES string of the molecule is CC[C@@H](OC)n1cc(C(=O)O)c(=O)c2cc(F)c(N3CCOCC3)cc21. The molecule has 0 spiro atoms. The summed E-state index contributed by atoms with van der Waals surface area (Å²) in [4.78, 5) is 25.8. The zero-order valence-electron chi connectivity index (χ0n) is 14.7. The minimum Gasteiger partial charge on any atom is -0.477 e. The quantitative estimate of drug-likeness (QED) is 0.876. The van der Waals surface area contributed by atoms with Crippen LogP contribution < -0.4 is 10.3 Å². The first-order chi connectivity index (χ1) is 12.5. The highest BCUT2D eigenvalue weighted by Gasteiger charge is 2.22. The van der Waals surface area contributed by atoms with Gasteiger partial charge in [0, 0.05) is 31.8 Å². The molecule has 1 aliphatic rings. The Morgan fingerprint density at radius 3 is 2.65 bits per heavy atom. The summed E-state index contributed by atoms with van der Waals surface area (Å²) in [6.45, 7) is 3.96. The monoisotopic (exact) mass is 364 g/mol. The zero-order chi connectivity index (χ0) is 18.8. The number of aromatic nitrogens is 1. The second-order valence-electron chi connectivity index (χ2n) is 6.10. The van der Waals surface area contributed by atoms with Crippen LogP contribution in [0.5, 0.6) is 0 Å². The number of fused-ring (bicyclic) bond motifs is 1. The Morgan fingerprint density at radius 2 is 2.08 bits per heavy atom. The molecule has 1 aliphatic heterocycles. The van der Waals surface area contributed by atoms with Crippen LogP contribution in [0.4, 0.5) is 10.1 Å². The summed E-state index contributed by atoms with van der Waals surface area (Å²) in [7, 11) is 1.50. The lowest BCUT2D eigenvalue weighted by atomic mass is 10.1. The van der Waals surface area contributed by atoms with Crippen molar-refractivity contribution in [2.45, 2.75) is 19.6 Å². The van der Waals surface area contributed by atoms with Crippen LogP contribution >= 0.6 is 0 Å². The number of anilines is 1. The Labute approximate surface area is 149 Å². The van der Waals surface area contributed by atoms with Gasteiger partial charge in [0.15, 0.2) is 0 Å². The smallest absolute Gasteiger partial charge is 0.341 e. The highest BCUT2D eigenvalue weighted by molar-refractivity contribution is 5.93. The molecule has 140 valence electrons. The first-order valence-corrected chi connectivity index (χ1v) is 8.45. The third-order valence-corrected chi connectivity index (χ3v) is 4.61. The van der Waals surface area contributed by atoms with Crippen molar-refractivity contribution < 1.29 is 23.8 Å². The number of pyridine rings is 1. The van der Waals surface area contributed by atoms with E-state index in [1.807, 2.05) is 11.8 Å². The van der Waals surface area contributed by atoms with Crippen molar-refractivity contribution in [2.75, 3.05) is 38.3 Å². The topological polar surface area (TPSA) is 81.0 Å². The molecule has 0 amide bonds. The average molecular weight is 364 g/mol. The summed E-state index contributed by atoms with van der Waals surface area (Å²) in [6.07, 6.45) is 1.35. The fourth-order valence-electron chi connectivity index (χ4n) is 3.27. The van der Waals surface area contributed by atoms with Crippen LogP contribution in [0.1, 0.15) is 29.9 Å². The molecule has 3 rings (SSSR count). The lowest BCUT2D eigenvalue weighted by Crippen LogP contribution is -2.37. The molecule has 0 unspecified atom stereocenters. The maximum atomic E-state index is 14.7. The number of hydrogen-bond acceptors (Lipinski definition) is 5. The number of aromatic carboxylic acids is 1. The molecular formula is C18H21FN2O5. The fraction of sp³-hybridized carbons (Fsp3) is 0.444. The zero-order valence-corrected chi connectivity index (χ0v) is 14.7. The largest absolute Gasteiger partial charge is 0.477 e. The molecule has 1 N–H and O–H groups in total. The van der Waals surface area contributed by atoms with Gasteiger partial charge < -0.3 is 24.0 Å². The number of benzene rings is 1. The lowest BCUT2D eigenvalue weighted by Gasteiger charge is -2.30. The van der Waals surface area contributed by atoms with E-state index in [2.05, 4.69) is 0 Å². The second-order valence-corrected chi connectivity index (χ2v) is 6.10. The first kappa shape index (κ1) is 18.3. The number of carboxylic acid groups (broad SMARTS) is 1. The summed E-state index contributed by atoms with van der Waals surface area (Å²) >= 11 is 0. The van der Waals surface area contributed by atoms with Gasteiger partial charge in [0.1, 0.15) is 17.6 Å². The van der Waals surface area contributed by atoms with E-state index >= 15 is 0 Å². The molecule has 1 atom stereocenters. The van der Waals surface area contributed by atoms with E-state index in [9.17, 15) is 19.1 Å². The van der Waals surface area contributed by atoms with E-state index in [0.29, 0.717) is 43.9 Å². The number of nitrogens with zero attached hydrogens (tertiary/aromatic N) is 2. The van der Waals surface area contributed by atoms with Crippen LogP contribution in [0.15, 0.2) is 23.1 Å². The molecule has 26 heavy (non-hydrogen) atoms. The van der Waals surface area contributed by atoms with Gasteiger partial charge in [-0.2, -0.15) is 0 Å². The van der Waals surface area contributed by atoms with Crippen LogP contribution in [-0.4, -0.2) is 49.1 Å².